The number of anilines is 1. The lowest BCUT2D eigenvalue weighted by Gasteiger charge is -2.32. The molecular weight excluding hydrogens is 268 g/mol. The highest BCUT2D eigenvalue weighted by Gasteiger charge is 2.23. The molecule has 1 unspecified atom stereocenters. The van der Waals surface area contributed by atoms with E-state index in [0.29, 0.717) is 31.0 Å². The van der Waals surface area contributed by atoms with E-state index in [1.807, 2.05) is 17.0 Å². The lowest BCUT2D eigenvalue weighted by molar-refractivity contribution is -0.137. The number of amides is 1. The van der Waals surface area contributed by atoms with Gasteiger partial charge in [-0.3, -0.25) is 9.59 Å². The second-order valence-electron chi connectivity index (χ2n) is 5.70. The van der Waals surface area contributed by atoms with Crippen LogP contribution in [0.1, 0.15) is 31.2 Å². The minimum Gasteiger partial charge on any atom is -0.481 e. The van der Waals surface area contributed by atoms with Gasteiger partial charge in [-0.15, -0.1) is 0 Å². The van der Waals surface area contributed by atoms with Gasteiger partial charge < -0.3 is 15.7 Å². The van der Waals surface area contributed by atoms with Crippen LogP contribution in [-0.2, 0) is 16.0 Å². The van der Waals surface area contributed by atoms with Crippen molar-refractivity contribution >= 4 is 17.6 Å². The van der Waals surface area contributed by atoms with Gasteiger partial charge in [0.2, 0.25) is 5.91 Å². The molecule has 5 nitrogen and oxygen atoms in total. The number of carbonyl (C=O) groups is 2. The van der Waals surface area contributed by atoms with Gasteiger partial charge in [0.05, 0.1) is 6.42 Å². The largest absolute Gasteiger partial charge is 0.481 e. The van der Waals surface area contributed by atoms with Crippen molar-refractivity contribution in [3.05, 3.63) is 29.8 Å². The summed E-state index contributed by atoms with van der Waals surface area (Å²) in [7, 11) is 0. The van der Waals surface area contributed by atoms with Gasteiger partial charge in [-0.25, -0.2) is 0 Å². The van der Waals surface area contributed by atoms with E-state index in [9.17, 15) is 9.59 Å². The number of aliphatic carboxylic acids is 1. The van der Waals surface area contributed by atoms with Crippen LogP contribution in [0.5, 0.6) is 0 Å². The molecule has 0 aliphatic carbocycles. The van der Waals surface area contributed by atoms with E-state index >= 15 is 0 Å². The number of nitrogens with zero attached hydrogens (tertiary/aromatic N) is 1. The topological polar surface area (TPSA) is 83.6 Å². The van der Waals surface area contributed by atoms with Crippen molar-refractivity contribution in [2.24, 2.45) is 5.92 Å². The Hall–Kier alpha value is -2.04. The first kappa shape index (κ1) is 15.4. The van der Waals surface area contributed by atoms with Gasteiger partial charge in [-0.2, -0.15) is 0 Å². The van der Waals surface area contributed by atoms with E-state index in [2.05, 4.69) is 0 Å². The van der Waals surface area contributed by atoms with Gasteiger partial charge in [0, 0.05) is 25.2 Å². The maximum atomic E-state index is 12.3. The molecule has 1 saturated heterocycles. The van der Waals surface area contributed by atoms with E-state index in [0.717, 1.165) is 24.9 Å². The van der Waals surface area contributed by atoms with E-state index in [-0.39, 0.29) is 12.3 Å². The minimum absolute atomic E-state index is 0.111. The zero-order chi connectivity index (χ0) is 15.2. The molecule has 1 atom stereocenters. The summed E-state index contributed by atoms with van der Waals surface area (Å²) in [6, 6.07) is 7.35. The molecule has 114 valence electrons. The summed E-state index contributed by atoms with van der Waals surface area (Å²) in [6.07, 6.45) is 3.19. The summed E-state index contributed by atoms with van der Waals surface area (Å²) in [5.41, 5.74) is 7.29. The molecule has 1 fully saturated rings. The van der Waals surface area contributed by atoms with Crippen molar-refractivity contribution in [3.8, 4) is 0 Å². The van der Waals surface area contributed by atoms with Crippen LogP contribution in [0.15, 0.2) is 24.3 Å². The van der Waals surface area contributed by atoms with Gasteiger partial charge >= 0.3 is 5.97 Å². The Labute approximate surface area is 124 Å². The zero-order valence-electron chi connectivity index (χ0n) is 12.1. The quantitative estimate of drug-likeness (QED) is 0.811. The van der Waals surface area contributed by atoms with Gasteiger partial charge in [-0.1, -0.05) is 12.1 Å². The van der Waals surface area contributed by atoms with Gasteiger partial charge in [0.1, 0.15) is 0 Å². The number of likely N-dealkylation sites (tertiary alicyclic amines) is 1. The van der Waals surface area contributed by atoms with Gasteiger partial charge in [0.25, 0.3) is 0 Å². The Kier molecular flexibility index (Phi) is 5.20. The van der Waals surface area contributed by atoms with Crippen LogP contribution >= 0.6 is 0 Å². The second-order valence-corrected chi connectivity index (χ2v) is 5.70. The first-order valence-corrected chi connectivity index (χ1v) is 7.38. The summed E-state index contributed by atoms with van der Waals surface area (Å²) in [5.74, 6) is -0.342. The number of piperidine rings is 1. The molecule has 0 saturated carbocycles. The average molecular weight is 290 g/mol. The van der Waals surface area contributed by atoms with Crippen LogP contribution in [0.4, 0.5) is 5.69 Å². The molecule has 1 aromatic carbocycles. The molecule has 2 rings (SSSR count). The van der Waals surface area contributed by atoms with Crippen molar-refractivity contribution in [2.75, 3.05) is 18.8 Å². The molecule has 0 spiro atoms. The van der Waals surface area contributed by atoms with Crippen molar-refractivity contribution in [2.45, 2.75) is 32.1 Å². The normalized spacial score (nSPS) is 18.5. The summed E-state index contributed by atoms with van der Waals surface area (Å²) >= 11 is 0. The van der Waals surface area contributed by atoms with E-state index in [1.165, 1.54) is 0 Å². The van der Waals surface area contributed by atoms with Crippen molar-refractivity contribution < 1.29 is 14.7 Å². The summed E-state index contributed by atoms with van der Waals surface area (Å²) in [6.45, 7) is 1.46. The molecule has 1 aliphatic heterocycles. The Morgan fingerprint density at radius 1 is 1.29 bits per heavy atom. The van der Waals surface area contributed by atoms with Crippen LogP contribution in [0.25, 0.3) is 0 Å². The Morgan fingerprint density at radius 3 is 2.67 bits per heavy atom. The number of carbonyl (C=O) groups excluding carboxylic acids is 1. The number of nitrogen functional groups attached to an aromatic ring is 1. The molecule has 0 bridgehead atoms. The molecule has 1 aromatic rings. The van der Waals surface area contributed by atoms with Crippen molar-refractivity contribution in [3.63, 3.8) is 0 Å². The Bertz CT molecular complexity index is 499. The highest BCUT2D eigenvalue weighted by molar-refractivity contribution is 5.79. The van der Waals surface area contributed by atoms with Crippen LogP contribution in [0.3, 0.4) is 0 Å². The Morgan fingerprint density at radius 2 is 2.00 bits per heavy atom. The third-order valence-corrected chi connectivity index (χ3v) is 3.97. The molecule has 1 amide bonds. The monoisotopic (exact) mass is 290 g/mol. The van der Waals surface area contributed by atoms with Crippen LogP contribution in [0, 0.1) is 5.92 Å². The summed E-state index contributed by atoms with van der Waals surface area (Å²) in [5, 5.41) is 8.75. The van der Waals surface area contributed by atoms with E-state index in [4.69, 9.17) is 10.8 Å². The van der Waals surface area contributed by atoms with Crippen LogP contribution in [-0.4, -0.2) is 35.0 Å². The van der Waals surface area contributed by atoms with Crippen molar-refractivity contribution in [1.29, 1.82) is 0 Å². The number of carboxylic acids is 1. The molecule has 21 heavy (non-hydrogen) atoms. The maximum absolute atomic E-state index is 12.3. The van der Waals surface area contributed by atoms with Gasteiger partial charge in [-0.05, 0) is 42.9 Å². The fraction of sp³-hybridized carbons (Fsp3) is 0.500. The van der Waals surface area contributed by atoms with Crippen LogP contribution < -0.4 is 5.73 Å². The van der Waals surface area contributed by atoms with E-state index < -0.39 is 5.97 Å². The fourth-order valence-electron chi connectivity index (χ4n) is 2.78. The zero-order valence-corrected chi connectivity index (χ0v) is 12.1. The summed E-state index contributed by atoms with van der Waals surface area (Å²) < 4.78 is 0. The second kappa shape index (κ2) is 7.11. The summed E-state index contributed by atoms with van der Waals surface area (Å²) in [4.78, 5) is 24.8. The maximum Gasteiger partial charge on any atom is 0.303 e. The van der Waals surface area contributed by atoms with Crippen molar-refractivity contribution in [1.82, 2.24) is 4.90 Å². The first-order chi connectivity index (χ1) is 10.0. The standard InChI is InChI=1S/C16H22N2O3/c17-14-6-3-12(4-7-14)10-15(19)18-9-1-2-13(11-18)5-8-16(20)21/h3-4,6-7,13H,1-2,5,8-11,17H2,(H,20,21). The number of hydrogen-bond donors (Lipinski definition) is 2. The molecule has 0 aromatic heterocycles. The minimum atomic E-state index is -0.764. The molecule has 1 heterocycles. The lowest BCUT2D eigenvalue weighted by Crippen LogP contribution is -2.40. The number of benzene rings is 1. The SMILES string of the molecule is Nc1ccc(CC(=O)N2CCCC(CCC(=O)O)C2)cc1. The molecule has 3 N–H and O–H groups in total. The highest BCUT2D eigenvalue weighted by atomic mass is 16.4. The predicted octanol–water partition coefficient (Wildman–Crippen LogP) is 1.91. The number of carboxylic acid groups (broad SMARTS) is 1. The number of nitrogens with two attached hydrogens (primary N) is 1. The molecule has 1 aliphatic rings. The lowest BCUT2D eigenvalue weighted by atomic mass is 9.93. The molecule has 5 heteroatoms. The predicted molar refractivity (Wildman–Crippen MR) is 80.7 cm³/mol. The third kappa shape index (κ3) is 4.77. The van der Waals surface area contributed by atoms with E-state index in [1.54, 1.807) is 12.1 Å². The number of rotatable bonds is 5. The third-order valence-electron chi connectivity index (χ3n) is 3.97. The van der Waals surface area contributed by atoms with Crippen LogP contribution in [0.2, 0.25) is 0 Å². The average Bonchev–Trinajstić information content (AvgIpc) is 2.48. The Balaban J connectivity index is 1.86. The molecule has 0 radical (unpaired) electrons. The molecular formula is C16H22N2O3. The smallest absolute Gasteiger partial charge is 0.303 e. The fourth-order valence-corrected chi connectivity index (χ4v) is 2.78. The first-order valence-electron chi connectivity index (χ1n) is 7.38. The number of hydrogen-bond acceptors (Lipinski definition) is 3. The van der Waals surface area contributed by atoms with Gasteiger partial charge in [0.15, 0.2) is 0 Å². The highest BCUT2D eigenvalue weighted by Crippen LogP contribution is 2.21.